The summed E-state index contributed by atoms with van der Waals surface area (Å²) < 4.78 is 2.73. The summed E-state index contributed by atoms with van der Waals surface area (Å²) in [6.45, 7) is 1.89. The van der Waals surface area contributed by atoms with E-state index in [2.05, 4.69) is 15.9 Å². The van der Waals surface area contributed by atoms with Crippen molar-refractivity contribution >= 4 is 21.8 Å². The Bertz CT molecular complexity index is 573. The maximum atomic E-state index is 11.4. The van der Waals surface area contributed by atoms with Crippen LogP contribution in [0.15, 0.2) is 34.8 Å². The fourth-order valence-corrected chi connectivity index (χ4v) is 2.94. The Morgan fingerprint density at radius 2 is 1.88 bits per heavy atom. The van der Waals surface area contributed by atoms with Crippen LogP contribution in [0.25, 0.3) is 11.3 Å². The second-order valence-corrected chi connectivity index (χ2v) is 4.71. The highest BCUT2D eigenvalue weighted by molar-refractivity contribution is 9.10. The highest BCUT2D eigenvalue weighted by Gasteiger charge is 2.20. The summed E-state index contributed by atoms with van der Waals surface area (Å²) in [5.74, 6) is -0.410. The number of aromatic nitrogens is 1. The molecule has 17 heavy (non-hydrogen) atoms. The van der Waals surface area contributed by atoms with Crippen molar-refractivity contribution in [1.29, 1.82) is 0 Å². The van der Waals surface area contributed by atoms with E-state index < -0.39 is 5.91 Å². The Hall–Kier alpha value is -1.55. The largest absolute Gasteiger partial charge is 0.366 e. The number of benzene rings is 1. The van der Waals surface area contributed by atoms with Crippen LogP contribution in [0.2, 0.25) is 0 Å². The first-order valence-corrected chi connectivity index (χ1v) is 6.03. The van der Waals surface area contributed by atoms with Crippen LogP contribution in [0.3, 0.4) is 0 Å². The first-order chi connectivity index (χ1) is 8.04. The van der Waals surface area contributed by atoms with Crippen molar-refractivity contribution in [2.75, 3.05) is 0 Å². The first-order valence-electron chi connectivity index (χ1n) is 5.24. The number of rotatable bonds is 2. The predicted molar refractivity (Wildman–Crippen MR) is 71.8 cm³/mol. The molecule has 1 aromatic carbocycles. The quantitative estimate of drug-likeness (QED) is 0.909. The lowest BCUT2D eigenvalue weighted by Crippen LogP contribution is -2.12. The summed E-state index contributed by atoms with van der Waals surface area (Å²) in [6.07, 6.45) is 0. The van der Waals surface area contributed by atoms with Gasteiger partial charge < -0.3 is 10.3 Å². The maximum absolute atomic E-state index is 11.4. The molecular weight excluding hydrogens is 280 g/mol. The molecule has 0 bridgehead atoms. The second kappa shape index (κ2) is 4.37. The number of nitrogens with zero attached hydrogens (tertiary/aromatic N) is 1. The van der Waals surface area contributed by atoms with Crippen LogP contribution < -0.4 is 5.73 Å². The molecule has 0 atom stereocenters. The van der Waals surface area contributed by atoms with Crippen molar-refractivity contribution in [2.24, 2.45) is 12.8 Å². The lowest BCUT2D eigenvalue weighted by atomic mass is 10.1. The summed E-state index contributed by atoms with van der Waals surface area (Å²) in [6, 6.07) is 9.90. The lowest BCUT2D eigenvalue weighted by molar-refractivity contribution is 0.0999. The molecule has 0 aliphatic carbocycles. The number of halogens is 1. The van der Waals surface area contributed by atoms with Crippen LogP contribution in [-0.2, 0) is 7.05 Å². The molecule has 88 valence electrons. The van der Waals surface area contributed by atoms with E-state index in [0.29, 0.717) is 5.56 Å². The minimum Gasteiger partial charge on any atom is -0.366 e. The van der Waals surface area contributed by atoms with Gasteiger partial charge in [0.05, 0.1) is 15.7 Å². The normalized spacial score (nSPS) is 10.5. The van der Waals surface area contributed by atoms with E-state index in [1.807, 2.05) is 48.9 Å². The molecule has 3 nitrogen and oxygen atoms in total. The average Bonchev–Trinajstić information content (AvgIpc) is 2.51. The van der Waals surface area contributed by atoms with Crippen molar-refractivity contribution in [3.8, 4) is 11.3 Å². The van der Waals surface area contributed by atoms with Crippen LogP contribution in [0.5, 0.6) is 0 Å². The smallest absolute Gasteiger partial charge is 0.251 e. The van der Waals surface area contributed by atoms with Crippen molar-refractivity contribution in [3.63, 3.8) is 0 Å². The molecule has 1 heterocycles. The molecule has 0 fully saturated rings. The molecule has 0 spiro atoms. The minimum absolute atomic E-state index is 0.410. The summed E-state index contributed by atoms with van der Waals surface area (Å²) in [7, 11) is 1.93. The zero-order chi connectivity index (χ0) is 12.6. The third-order valence-electron chi connectivity index (χ3n) is 2.92. The Morgan fingerprint density at radius 1 is 1.29 bits per heavy atom. The third kappa shape index (κ3) is 1.89. The second-order valence-electron chi connectivity index (χ2n) is 3.91. The minimum atomic E-state index is -0.410. The van der Waals surface area contributed by atoms with Crippen molar-refractivity contribution in [1.82, 2.24) is 4.57 Å². The monoisotopic (exact) mass is 292 g/mol. The van der Waals surface area contributed by atoms with Crippen LogP contribution in [0, 0.1) is 6.92 Å². The van der Waals surface area contributed by atoms with E-state index in [1.165, 1.54) is 0 Å². The molecule has 1 amide bonds. The number of nitrogens with two attached hydrogens (primary N) is 1. The zero-order valence-electron chi connectivity index (χ0n) is 9.70. The summed E-state index contributed by atoms with van der Waals surface area (Å²) in [5, 5.41) is 0. The van der Waals surface area contributed by atoms with Gasteiger partial charge in [-0.1, -0.05) is 30.3 Å². The Balaban J connectivity index is 2.72. The Morgan fingerprint density at radius 3 is 2.35 bits per heavy atom. The standard InChI is InChI=1S/C13H13BrN2O/c1-8-10(13(15)17)11(14)12(16(8)2)9-6-4-3-5-7-9/h3-7H,1-2H3,(H2,15,17). The topological polar surface area (TPSA) is 48.0 Å². The van der Waals surface area contributed by atoms with Gasteiger partial charge in [-0.25, -0.2) is 0 Å². The van der Waals surface area contributed by atoms with Crippen molar-refractivity contribution in [3.05, 3.63) is 46.1 Å². The maximum Gasteiger partial charge on any atom is 0.251 e. The van der Waals surface area contributed by atoms with E-state index in [4.69, 9.17) is 5.73 Å². The van der Waals surface area contributed by atoms with Crippen LogP contribution >= 0.6 is 15.9 Å². The van der Waals surface area contributed by atoms with Gasteiger partial charge in [0.2, 0.25) is 0 Å². The number of primary amides is 1. The van der Waals surface area contributed by atoms with E-state index >= 15 is 0 Å². The van der Waals surface area contributed by atoms with Crippen molar-refractivity contribution < 1.29 is 4.79 Å². The Labute approximate surface area is 108 Å². The average molecular weight is 293 g/mol. The van der Waals surface area contributed by atoms with Gasteiger partial charge in [0.15, 0.2) is 0 Å². The molecule has 0 aliphatic heterocycles. The van der Waals surface area contributed by atoms with Crippen LogP contribution in [0.4, 0.5) is 0 Å². The van der Waals surface area contributed by atoms with Crippen LogP contribution in [-0.4, -0.2) is 10.5 Å². The summed E-state index contributed by atoms with van der Waals surface area (Å²) in [4.78, 5) is 11.4. The van der Waals surface area contributed by atoms with Gasteiger partial charge in [0, 0.05) is 12.7 Å². The number of amides is 1. The first kappa shape index (κ1) is 11.9. The van der Waals surface area contributed by atoms with Gasteiger partial charge >= 0.3 is 0 Å². The van der Waals surface area contributed by atoms with Gasteiger partial charge in [0.25, 0.3) is 5.91 Å². The van der Waals surface area contributed by atoms with E-state index in [-0.39, 0.29) is 0 Å². The Kier molecular flexibility index (Phi) is 3.07. The molecule has 0 saturated heterocycles. The number of hydrogen-bond donors (Lipinski definition) is 1. The predicted octanol–water partition coefficient (Wildman–Crippen LogP) is 2.86. The number of hydrogen-bond acceptors (Lipinski definition) is 1. The molecule has 0 radical (unpaired) electrons. The molecule has 2 rings (SSSR count). The zero-order valence-corrected chi connectivity index (χ0v) is 11.3. The molecule has 2 N–H and O–H groups in total. The van der Waals surface area contributed by atoms with Crippen molar-refractivity contribution in [2.45, 2.75) is 6.92 Å². The summed E-state index contributed by atoms with van der Waals surface area (Å²) >= 11 is 3.47. The highest BCUT2D eigenvalue weighted by Crippen LogP contribution is 2.34. The van der Waals surface area contributed by atoms with Gasteiger partial charge in [-0.15, -0.1) is 0 Å². The van der Waals surface area contributed by atoms with Gasteiger partial charge in [-0.2, -0.15) is 0 Å². The third-order valence-corrected chi connectivity index (χ3v) is 3.69. The van der Waals surface area contributed by atoms with Gasteiger partial charge in [-0.3, -0.25) is 4.79 Å². The SMILES string of the molecule is Cc1c(C(N)=O)c(Br)c(-c2ccccc2)n1C. The van der Waals surface area contributed by atoms with E-state index in [9.17, 15) is 4.79 Å². The molecule has 1 aromatic heterocycles. The molecule has 0 unspecified atom stereocenters. The lowest BCUT2D eigenvalue weighted by Gasteiger charge is -2.05. The molecule has 0 aliphatic rings. The van der Waals surface area contributed by atoms with E-state index in [0.717, 1.165) is 21.4 Å². The molecular formula is C13H13BrN2O. The van der Waals surface area contributed by atoms with Gasteiger partial charge in [-0.05, 0) is 28.4 Å². The van der Waals surface area contributed by atoms with Gasteiger partial charge in [0.1, 0.15) is 0 Å². The fourth-order valence-electron chi connectivity index (χ4n) is 1.96. The molecule has 2 aromatic rings. The molecule has 4 heteroatoms. The number of carbonyl (C=O) groups excluding carboxylic acids is 1. The van der Waals surface area contributed by atoms with Crippen LogP contribution in [0.1, 0.15) is 16.1 Å². The summed E-state index contributed by atoms with van der Waals surface area (Å²) in [5.41, 5.74) is 8.83. The van der Waals surface area contributed by atoms with E-state index in [1.54, 1.807) is 0 Å². The number of carbonyl (C=O) groups is 1. The molecule has 0 saturated carbocycles. The highest BCUT2D eigenvalue weighted by atomic mass is 79.9. The fraction of sp³-hybridized carbons (Fsp3) is 0.154.